The molecule has 4 rings (SSSR count). The molecule has 0 aliphatic rings. The molecule has 0 unspecified atom stereocenters. The van der Waals surface area contributed by atoms with Crippen molar-refractivity contribution in [2.24, 2.45) is 0 Å². The van der Waals surface area contributed by atoms with Crippen molar-refractivity contribution in [2.75, 3.05) is 5.32 Å². The molecule has 0 radical (unpaired) electrons. The van der Waals surface area contributed by atoms with E-state index in [0.717, 1.165) is 26.2 Å². The van der Waals surface area contributed by atoms with Crippen molar-refractivity contribution >= 4 is 51.6 Å². The first-order valence-corrected chi connectivity index (χ1v) is 12.5. The molecule has 0 bridgehead atoms. The summed E-state index contributed by atoms with van der Waals surface area (Å²) in [7, 11) is 0. The Morgan fingerprint density at radius 1 is 1.04 bits per heavy atom. The van der Waals surface area contributed by atoms with Crippen LogP contribution in [0.2, 0.25) is 0 Å². The number of halogens is 1. The molecule has 6 nitrogen and oxygen atoms in total. The second-order valence-electron chi connectivity index (χ2n) is 6.16. The Morgan fingerprint density at radius 3 is 2.36 bits per heavy atom. The van der Waals surface area contributed by atoms with E-state index in [1.165, 1.54) is 41.9 Å². The molecule has 0 fully saturated rings. The fraction of sp³-hybridized carbons (Fsp3) is 0.0526. The van der Waals surface area contributed by atoms with Crippen LogP contribution in [0.4, 0.5) is 15.9 Å². The van der Waals surface area contributed by atoms with E-state index in [0.29, 0.717) is 11.5 Å². The van der Waals surface area contributed by atoms with Gasteiger partial charge >= 0.3 is 162 Å². The predicted molar refractivity (Wildman–Crippen MR) is 108 cm³/mol. The molecule has 0 aliphatic carbocycles. The molecule has 142 valence electrons. The van der Waals surface area contributed by atoms with Gasteiger partial charge in [0.05, 0.1) is 0 Å². The minimum atomic E-state index is -4.92. The predicted octanol–water partition coefficient (Wildman–Crippen LogP) is 3.11. The molecule has 2 heterocycles. The molecular formula is C19H15AsFN3O3S. The molecular weight excluding hydrogens is 444 g/mol. The number of hydrogen-bond acceptors (Lipinski definition) is 5. The number of nitrogens with one attached hydrogen (secondary N) is 1. The van der Waals surface area contributed by atoms with E-state index in [2.05, 4.69) is 15.3 Å². The van der Waals surface area contributed by atoms with Crippen molar-refractivity contribution in [3.05, 3.63) is 65.6 Å². The van der Waals surface area contributed by atoms with Crippen molar-refractivity contribution in [1.29, 1.82) is 0 Å². The summed E-state index contributed by atoms with van der Waals surface area (Å²) >= 11 is -3.40. The van der Waals surface area contributed by atoms with Crippen LogP contribution in [-0.2, 0) is 3.74 Å². The summed E-state index contributed by atoms with van der Waals surface area (Å²) in [5, 5.41) is 4.01. The number of fused-ring (bicyclic) bond motifs is 1. The summed E-state index contributed by atoms with van der Waals surface area (Å²) in [5.74, 6) is 0.269. The zero-order chi connectivity index (χ0) is 19.9. The van der Waals surface area contributed by atoms with Crippen LogP contribution in [-0.4, -0.2) is 32.3 Å². The normalized spacial score (nSPS) is 11.7. The summed E-state index contributed by atoms with van der Waals surface area (Å²) in [6.45, 7) is 1.98. The zero-order valence-electron chi connectivity index (χ0n) is 14.6. The average Bonchev–Trinajstić information content (AvgIpc) is 2.99. The van der Waals surface area contributed by atoms with Crippen LogP contribution < -0.4 is 9.67 Å². The van der Waals surface area contributed by atoms with Crippen LogP contribution in [0.15, 0.2) is 54.9 Å². The summed E-state index contributed by atoms with van der Waals surface area (Å²) < 4.78 is 43.3. The van der Waals surface area contributed by atoms with Gasteiger partial charge in [0.1, 0.15) is 0 Å². The van der Waals surface area contributed by atoms with Crippen molar-refractivity contribution in [2.45, 2.75) is 6.92 Å². The summed E-state index contributed by atoms with van der Waals surface area (Å²) in [6, 6.07) is 12.3. The molecule has 0 atom stereocenters. The standard InChI is InChI=1S/C19H15AsFN3O3S/c1-11-16(12-2-6-14(21)7-3-12)17-18(22-10-23-19(17)28-11)24-15-8-4-13(5-9-15)20(25,26)27/h2-10H,1H3,(H,22,23,24)(H2,25,26,27). The Hall–Kier alpha value is -2.51. The first-order chi connectivity index (χ1) is 13.3. The molecule has 2 aromatic heterocycles. The third-order valence-corrected chi connectivity index (χ3v) is 7.31. The van der Waals surface area contributed by atoms with E-state index in [9.17, 15) is 16.3 Å². The van der Waals surface area contributed by atoms with Crippen molar-refractivity contribution < 1.29 is 16.3 Å². The number of aryl methyl sites for hydroxylation is 1. The van der Waals surface area contributed by atoms with E-state index < -0.39 is 14.2 Å². The van der Waals surface area contributed by atoms with Gasteiger partial charge in [-0.05, 0) is 0 Å². The first kappa shape index (κ1) is 18.8. The van der Waals surface area contributed by atoms with Crippen molar-refractivity contribution in [1.82, 2.24) is 9.97 Å². The van der Waals surface area contributed by atoms with Gasteiger partial charge in [-0.15, -0.1) is 0 Å². The monoisotopic (exact) mass is 459 g/mol. The van der Waals surface area contributed by atoms with Crippen LogP contribution in [0.25, 0.3) is 21.3 Å². The van der Waals surface area contributed by atoms with Gasteiger partial charge in [0.25, 0.3) is 0 Å². The van der Waals surface area contributed by atoms with E-state index in [4.69, 9.17) is 0 Å². The summed E-state index contributed by atoms with van der Waals surface area (Å²) in [6.07, 6.45) is 1.46. The van der Waals surface area contributed by atoms with Crippen LogP contribution in [0, 0.1) is 12.7 Å². The number of rotatable bonds is 4. The molecule has 0 saturated heterocycles. The van der Waals surface area contributed by atoms with Crippen molar-refractivity contribution in [3.8, 4) is 11.1 Å². The van der Waals surface area contributed by atoms with Crippen LogP contribution in [0.1, 0.15) is 4.88 Å². The second-order valence-corrected chi connectivity index (χ2v) is 10.7. The first-order valence-electron chi connectivity index (χ1n) is 8.26. The van der Waals surface area contributed by atoms with E-state index in [-0.39, 0.29) is 10.2 Å². The summed E-state index contributed by atoms with van der Waals surface area (Å²) in [4.78, 5) is 10.5. The number of aromatic nitrogens is 2. The average molecular weight is 459 g/mol. The Labute approximate surface area is 166 Å². The van der Waals surface area contributed by atoms with Gasteiger partial charge in [0.15, 0.2) is 0 Å². The molecule has 0 saturated carbocycles. The van der Waals surface area contributed by atoms with Crippen LogP contribution >= 0.6 is 11.3 Å². The third-order valence-electron chi connectivity index (χ3n) is 4.26. The van der Waals surface area contributed by atoms with E-state index >= 15 is 0 Å². The molecule has 4 aromatic rings. The van der Waals surface area contributed by atoms with Crippen LogP contribution in [0.3, 0.4) is 0 Å². The number of anilines is 2. The van der Waals surface area contributed by atoms with Gasteiger partial charge < -0.3 is 0 Å². The molecule has 2 aromatic carbocycles. The van der Waals surface area contributed by atoms with Gasteiger partial charge in [-0.2, -0.15) is 0 Å². The molecule has 0 amide bonds. The topological polar surface area (TPSA) is 95.3 Å². The Balaban J connectivity index is 1.79. The van der Waals surface area contributed by atoms with Crippen LogP contribution in [0.5, 0.6) is 0 Å². The molecule has 9 heteroatoms. The van der Waals surface area contributed by atoms with Gasteiger partial charge in [-0.3, -0.25) is 0 Å². The maximum absolute atomic E-state index is 13.3. The Kier molecular flexibility index (Phi) is 4.80. The quantitative estimate of drug-likeness (QED) is 0.406. The number of benzene rings is 2. The number of thiophene rings is 1. The SMILES string of the molecule is Cc1sc2ncnc(Nc3ccc([As](=O)(O)O)cc3)c2c1-c1ccc(F)cc1. The second kappa shape index (κ2) is 7.14. The molecule has 0 aliphatic heterocycles. The third kappa shape index (κ3) is 3.59. The van der Waals surface area contributed by atoms with Crippen molar-refractivity contribution in [3.63, 3.8) is 0 Å². The van der Waals surface area contributed by atoms with E-state index in [1.54, 1.807) is 24.3 Å². The Bertz CT molecular complexity index is 1200. The van der Waals surface area contributed by atoms with Gasteiger partial charge in [0.2, 0.25) is 0 Å². The fourth-order valence-electron chi connectivity index (χ4n) is 2.98. The molecule has 0 spiro atoms. The number of nitrogens with zero attached hydrogens (tertiary/aromatic N) is 2. The maximum atomic E-state index is 13.3. The van der Waals surface area contributed by atoms with Gasteiger partial charge in [-0.1, -0.05) is 0 Å². The Morgan fingerprint density at radius 2 is 1.71 bits per heavy atom. The van der Waals surface area contributed by atoms with E-state index in [1.807, 2.05) is 6.92 Å². The molecule has 28 heavy (non-hydrogen) atoms. The fourth-order valence-corrected chi connectivity index (χ4v) is 5.12. The summed E-state index contributed by atoms with van der Waals surface area (Å²) in [5.41, 5.74) is 2.43. The zero-order valence-corrected chi connectivity index (χ0v) is 17.3. The molecule has 3 N–H and O–H groups in total. The minimum absolute atomic E-state index is 0.00916. The van der Waals surface area contributed by atoms with Gasteiger partial charge in [0, 0.05) is 0 Å². The van der Waals surface area contributed by atoms with Gasteiger partial charge in [-0.25, -0.2) is 4.39 Å². The number of hydrogen-bond donors (Lipinski definition) is 3.